The molecule has 154 valence electrons. The summed E-state index contributed by atoms with van der Waals surface area (Å²) >= 11 is 11.3. The topological polar surface area (TPSA) is 76.7 Å². The quantitative estimate of drug-likeness (QED) is 0.680. The molecular formula is C20H21Cl2N3O3S. The summed E-state index contributed by atoms with van der Waals surface area (Å²) in [6, 6.07) is 10.7. The van der Waals surface area contributed by atoms with Crippen LogP contribution in [0.4, 0.5) is 11.4 Å². The Hall–Kier alpha value is -1.48. The lowest BCUT2D eigenvalue weighted by atomic mass is 9.91. The summed E-state index contributed by atoms with van der Waals surface area (Å²) in [5, 5.41) is 3.80. The lowest BCUT2D eigenvalue weighted by Gasteiger charge is -2.23. The van der Waals surface area contributed by atoms with Crippen molar-refractivity contribution in [3.05, 3.63) is 57.6 Å². The van der Waals surface area contributed by atoms with Gasteiger partial charge in [0.2, 0.25) is 0 Å². The molecule has 2 saturated heterocycles. The van der Waals surface area contributed by atoms with Crippen LogP contribution in [-0.4, -0.2) is 36.8 Å². The highest BCUT2D eigenvalue weighted by molar-refractivity contribution is 7.91. The zero-order valence-electron chi connectivity index (χ0n) is 15.6. The third-order valence-corrected chi connectivity index (χ3v) is 6.89. The van der Waals surface area contributed by atoms with Gasteiger partial charge >= 0.3 is 0 Å². The van der Waals surface area contributed by atoms with E-state index in [0.29, 0.717) is 46.0 Å². The van der Waals surface area contributed by atoms with Gasteiger partial charge in [0.25, 0.3) is 5.91 Å². The van der Waals surface area contributed by atoms with Crippen molar-refractivity contribution in [2.45, 2.75) is 18.8 Å². The van der Waals surface area contributed by atoms with Crippen LogP contribution in [0.2, 0.25) is 10.0 Å². The third-order valence-electron chi connectivity index (χ3n) is 5.09. The number of nitrogens with zero attached hydrogens (tertiary/aromatic N) is 1. The second-order valence-corrected chi connectivity index (χ2v) is 9.10. The number of hydrogen-bond donors (Lipinski definition) is 2. The van der Waals surface area contributed by atoms with Crippen LogP contribution in [0, 0.1) is 0 Å². The molecule has 2 aromatic rings. The first-order chi connectivity index (χ1) is 14.0. The highest BCUT2D eigenvalue weighted by Crippen LogP contribution is 2.32. The molecule has 9 heteroatoms. The van der Waals surface area contributed by atoms with Crippen molar-refractivity contribution in [3.8, 4) is 0 Å². The van der Waals surface area contributed by atoms with Crippen LogP contribution in [0.1, 0.15) is 34.7 Å². The van der Waals surface area contributed by atoms with Crippen LogP contribution >= 0.6 is 23.2 Å². The Bertz CT molecular complexity index is 909. The van der Waals surface area contributed by atoms with Crippen molar-refractivity contribution in [2.75, 3.05) is 35.9 Å². The molecule has 2 N–H and O–H groups in total. The SMILES string of the molecule is O=C(Nc1cc(Cl)cc(C2CCOCC2)c1)c1cc(N2CCN[S+]2[O-])ccc1Cl. The van der Waals surface area contributed by atoms with Gasteiger partial charge in [-0.05, 0) is 60.7 Å². The van der Waals surface area contributed by atoms with Crippen molar-refractivity contribution in [2.24, 2.45) is 0 Å². The van der Waals surface area contributed by atoms with Crippen molar-refractivity contribution in [3.63, 3.8) is 0 Å². The van der Waals surface area contributed by atoms with Gasteiger partial charge in [-0.2, -0.15) is 4.31 Å². The molecule has 2 aromatic carbocycles. The lowest BCUT2D eigenvalue weighted by Crippen LogP contribution is -2.29. The van der Waals surface area contributed by atoms with Gasteiger partial charge < -0.3 is 14.6 Å². The van der Waals surface area contributed by atoms with Crippen molar-refractivity contribution in [1.29, 1.82) is 0 Å². The Balaban J connectivity index is 1.55. The van der Waals surface area contributed by atoms with E-state index in [1.165, 1.54) is 0 Å². The van der Waals surface area contributed by atoms with E-state index in [0.717, 1.165) is 31.6 Å². The van der Waals surface area contributed by atoms with Gasteiger partial charge in [-0.15, -0.1) is 4.72 Å². The molecule has 0 spiro atoms. The van der Waals surface area contributed by atoms with E-state index in [-0.39, 0.29) is 5.91 Å². The van der Waals surface area contributed by atoms with Crippen LogP contribution in [-0.2, 0) is 16.3 Å². The Morgan fingerprint density at radius 1 is 1.21 bits per heavy atom. The van der Waals surface area contributed by atoms with E-state index < -0.39 is 11.5 Å². The Kier molecular flexibility index (Phi) is 6.53. The number of benzene rings is 2. The van der Waals surface area contributed by atoms with E-state index in [1.54, 1.807) is 28.6 Å². The molecule has 0 saturated carbocycles. The summed E-state index contributed by atoms with van der Waals surface area (Å²) in [4.78, 5) is 12.9. The van der Waals surface area contributed by atoms with Crippen molar-refractivity contribution in [1.82, 2.24) is 4.72 Å². The molecule has 2 heterocycles. The number of ether oxygens (including phenoxy) is 1. The molecule has 29 heavy (non-hydrogen) atoms. The summed E-state index contributed by atoms with van der Waals surface area (Å²) in [6.07, 6.45) is 1.87. The Labute approximate surface area is 183 Å². The maximum atomic E-state index is 12.9. The smallest absolute Gasteiger partial charge is 0.257 e. The predicted molar refractivity (Wildman–Crippen MR) is 117 cm³/mol. The Morgan fingerprint density at radius 3 is 2.72 bits per heavy atom. The number of rotatable bonds is 4. The molecule has 2 aliphatic heterocycles. The summed E-state index contributed by atoms with van der Waals surface area (Å²) in [5.74, 6) is 0.0256. The van der Waals surface area contributed by atoms with E-state index >= 15 is 0 Å². The van der Waals surface area contributed by atoms with Crippen LogP contribution < -0.4 is 14.3 Å². The number of hydrogen-bond acceptors (Lipinski definition) is 5. The Morgan fingerprint density at radius 2 is 2.00 bits per heavy atom. The average molecular weight is 454 g/mol. The number of amides is 1. The molecule has 1 unspecified atom stereocenters. The maximum absolute atomic E-state index is 12.9. The van der Waals surface area contributed by atoms with Crippen molar-refractivity contribution >= 4 is 52.0 Å². The van der Waals surface area contributed by atoms with Gasteiger partial charge in [-0.1, -0.05) is 23.2 Å². The summed E-state index contributed by atoms with van der Waals surface area (Å²) in [5.41, 5.74) is 2.71. The molecule has 1 atom stereocenters. The molecule has 0 radical (unpaired) electrons. The van der Waals surface area contributed by atoms with E-state index in [4.69, 9.17) is 27.9 Å². The van der Waals surface area contributed by atoms with Crippen LogP contribution in [0.3, 0.4) is 0 Å². The van der Waals surface area contributed by atoms with E-state index in [1.807, 2.05) is 12.1 Å². The first kappa shape index (κ1) is 20.8. The first-order valence-corrected chi connectivity index (χ1v) is 11.3. The monoisotopic (exact) mass is 453 g/mol. The summed E-state index contributed by atoms with van der Waals surface area (Å²) in [7, 11) is 0. The summed E-state index contributed by atoms with van der Waals surface area (Å²) in [6.45, 7) is 2.67. The molecule has 4 rings (SSSR count). The molecule has 0 bridgehead atoms. The van der Waals surface area contributed by atoms with Crippen LogP contribution in [0.15, 0.2) is 36.4 Å². The standard InChI is InChI=1S/C20H21Cl2N3O3S/c21-15-9-14(13-3-7-28-8-4-13)10-16(11-15)24-20(26)18-12-17(1-2-19(18)22)25-6-5-23-29(25)27/h1-2,9-13,23H,3-8H2,(H,24,26). The number of halogens is 2. The minimum atomic E-state index is -1.31. The number of carbonyl (C=O) groups excluding carboxylic acids is 1. The molecule has 2 fully saturated rings. The molecule has 0 aliphatic carbocycles. The minimum absolute atomic E-state index is 0.320. The molecule has 0 aromatic heterocycles. The fourth-order valence-corrected chi connectivity index (χ4v) is 5.04. The van der Waals surface area contributed by atoms with E-state index in [9.17, 15) is 9.35 Å². The van der Waals surface area contributed by atoms with Crippen molar-refractivity contribution < 1.29 is 14.1 Å². The number of carbonyl (C=O) groups is 1. The van der Waals surface area contributed by atoms with Gasteiger partial charge in [0.15, 0.2) is 11.5 Å². The minimum Gasteiger partial charge on any atom is -0.573 e. The molecular weight excluding hydrogens is 433 g/mol. The molecule has 2 aliphatic rings. The highest BCUT2D eigenvalue weighted by Gasteiger charge is 2.28. The first-order valence-electron chi connectivity index (χ1n) is 9.43. The zero-order chi connectivity index (χ0) is 20.4. The molecule has 1 amide bonds. The van der Waals surface area contributed by atoms with Gasteiger partial charge in [-0.25, -0.2) is 0 Å². The zero-order valence-corrected chi connectivity index (χ0v) is 17.9. The van der Waals surface area contributed by atoms with Crippen LogP contribution in [0.25, 0.3) is 0 Å². The maximum Gasteiger partial charge on any atom is 0.257 e. The highest BCUT2D eigenvalue weighted by atomic mass is 35.5. The number of anilines is 2. The number of nitrogens with one attached hydrogen (secondary N) is 2. The van der Waals surface area contributed by atoms with Gasteiger partial charge in [-0.3, -0.25) is 4.79 Å². The second kappa shape index (κ2) is 9.12. The van der Waals surface area contributed by atoms with E-state index in [2.05, 4.69) is 10.0 Å². The largest absolute Gasteiger partial charge is 0.573 e. The normalized spacial score (nSPS) is 20.1. The third kappa shape index (κ3) is 4.82. The summed E-state index contributed by atoms with van der Waals surface area (Å²) < 4.78 is 22.0. The fraction of sp³-hybridized carbons (Fsp3) is 0.350. The fourth-order valence-electron chi connectivity index (χ4n) is 3.61. The lowest BCUT2D eigenvalue weighted by molar-refractivity contribution is 0.0853. The average Bonchev–Trinajstić information content (AvgIpc) is 3.14. The second-order valence-electron chi connectivity index (χ2n) is 7.02. The van der Waals surface area contributed by atoms with Gasteiger partial charge in [0, 0.05) is 23.9 Å². The molecule has 6 nitrogen and oxygen atoms in total. The van der Waals surface area contributed by atoms with Gasteiger partial charge in [0.05, 0.1) is 29.4 Å². The predicted octanol–water partition coefficient (Wildman–Crippen LogP) is 4.13. The van der Waals surface area contributed by atoms with Gasteiger partial charge in [0.1, 0.15) is 0 Å². The van der Waals surface area contributed by atoms with Crippen LogP contribution in [0.5, 0.6) is 0 Å².